The van der Waals surface area contributed by atoms with Crippen molar-refractivity contribution in [3.05, 3.63) is 97.3 Å². The third kappa shape index (κ3) is 5.57. The Hall–Kier alpha value is -5.61. The van der Waals surface area contributed by atoms with Gasteiger partial charge in [0.15, 0.2) is 23.7 Å². The van der Waals surface area contributed by atoms with Crippen molar-refractivity contribution in [1.29, 1.82) is 0 Å². The molecule has 0 spiro atoms. The third-order valence-electron chi connectivity index (χ3n) is 8.16. The molecule has 250 valence electrons. The molecule has 49 heavy (non-hydrogen) atoms. The molecular weight excluding hydrogens is 638 g/mol. The van der Waals surface area contributed by atoms with E-state index in [0.29, 0.717) is 4.90 Å². The SMILES string of the molecule is CC1(C)O[C@@H]2[C@H](O1)[C@H]1CO[C@H]3N(C(=O)Oc4ccccc4)c4c(N(C(=O)Oc5ccccc5)C(=O)Oc5ccccc5)ncnc4N3[C@@H]2O1. The second kappa shape index (κ2) is 12.1. The van der Waals surface area contributed by atoms with E-state index in [9.17, 15) is 14.4 Å². The zero-order valence-corrected chi connectivity index (χ0v) is 26.2. The maximum Gasteiger partial charge on any atom is 0.430 e. The Morgan fingerprint density at radius 1 is 0.776 bits per heavy atom. The van der Waals surface area contributed by atoms with E-state index in [-0.39, 0.29) is 41.2 Å². The molecule has 5 heterocycles. The molecule has 2 bridgehead atoms. The molecule has 4 aromatic rings. The molecule has 4 aliphatic rings. The summed E-state index contributed by atoms with van der Waals surface area (Å²) < 4.78 is 42.0. The molecule has 1 aromatic heterocycles. The van der Waals surface area contributed by atoms with Gasteiger partial charge in [-0.2, -0.15) is 4.90 Å². The summed E-state index contributed by atoms with van der Waals surface area (Å²) in [5.41, 5.74) is -0.105. The van der Waals surface area contributed by atoms with Crippen molar-refractivity contribution in [2.24, 2.45) is 0 Å². The smallest absolute Gasteiger partial charge is 0.410 e. The predicted octanol–water partition coefficient (Wildman–Crippen LogP) is 5.07. The van der Waals surface area contributed by atoms with Gasteiger partial charge < -0.3 is 33.2 Å². The van der Waals surface area contributed by atoms with E-state index in [1.165, 1.54) is 0 Å². The number of ether oxygens (including phenoxy) is 7. The molecule has 3 fully saturated rings. The molecule has 0 radical (unpaired) electrons. The number of nitrogens with zero attached hydrogens (tertiary/aromatic N) is 5. The summed E-state index contributed by atoms with van der Waals surface area (Å²) >= 11 is 0. The fourth-order valence-electron chi connectivity index (χ4n) is 6.20. The van der Waals surface area contributed by atoms with Crippen LogP contribution in [-0.4, -0.2) is 71.5 Å². The van der Waals surface area contributed by atoms with E-state index in [2.05, 4.69) is 9.97 Å². The molecule has 0 unspecified atom stereocenters. The molecule has 3 saturated heterocycles. The van der Waals surface area contributed by atoms with Gasteiger partial charge in [0.25, 0.3) is 0 Å². The number of carbonyl (C=O) groups is 3. The first kappa shape index (κ1) is 30.7. The van der Waals surface area contributed by atoms with Gasteiger partial charge in [-0.25, -0.2) is 29.3 Å². The van der Waals surface area contributed by atoms with Gasteiger partial charge in [-0.15, -0.1) is 0 Å². The van der Waals surface area contributed by atoms with E-state index in [0.717, 1.165) is 11.2 Å². The maximum absolute atomic E-state index is 14.2. The highest BCUT2D eigenvalue weighted by atomic mass is 16.8. The van der Waals surface area contributed by atoms with Crippen LogP contribution >= 0.6 is 0 Å². The zero-order valence-electron chi connectivity index (χ0n) is 26.2. The highest BCUT2D eigenvalue weighted by molar-refractivity contribution is 6.14. The number of amides is 3. The number of anilines is 3. The lowest BCUT2D eigenvalue weighted by molar-refractivity contribution is -0.186. The summed E-state index contributed by atoms with van der Waals surface area (Å²) in [6.45, 7) is 3.60. The van der Waals surface area contributed by atoms with E-state index >= 15 is 0 Å². The number of carbonyl (C=O) groups excluding carboxylic acids is 3. The summed E-state index contributed by atoms with van der Waals surface area (Å²) in [5, 5.41) is 0. The van der Waals surface area contributed by atoms with E-state index in [1.54, 1.807) is 110 Å². The summed E-state index contributed by atoms with van der Waals surface area (Å²) in [7, 11) is 0. The number of aromatic nitrogens is 2. The van der Waals surface area contributed by atoms with Gasteiger partial charge in [-0.05, 0) is 50.2 Å². The molecule has 0 N–H and O–H groups in total. The second-order valence-corrected chi connectivity index (χ2v) is 11.8. The standard InChI is InChI=1S/C34H29N5O10/c1-34(2)48-25-23-18-43-30-37(31(40)44-20-12-6-3-7-13-20)24-27(38(30)29(47-23)26(25)49-34)35-19-36-28(24)39(32(41)45-21-14-8-4-9-15-21)33(42)46-22-16-10-5-11-17-22/h3-17,19,23,25-26,29-30H,18H2,1-2H3/t23-,25-,26-,29-,30+/m1/s1. The first-order valence-corrected chi connectivity index (χ1v) is 15.4. The van der Waals surface area contributed by atoms with Crippen LogP contribution in [0, 0.1) is 0 Å². The van der Waals surface area contributed by atoms with Crippen molar-refractivity contribution < 1.29 is 47.5 Å². The number of rotatable bonds is 4. The molecule has 5 atom stereocenters. The van der Waals surface area contributed by atoms with Crippen molar-refractivity contribution in [3.8, 4) is 17.2 Å². The average Bonchev–Trinajstić information content (AvgIpc) is 3.65. The molecule has 0 aliphatic carbocycles. The van der Waals surface area contributed by atoms with Gasteiger partial charge in [0.2, 0.25) is 6.35 Å². The molecule has 15 nitrogen and oxygen atoms in total. The Labute approximate surface area is 279 Å². The minimum Gasteiger partial charge on any atom is -0.410 e. The zero-order chi connectivity index (χ0) is 33.7. The van der Waals surface area contributed by atoms with Crippen LogP contribution in [0.1, 0.15) is 13.8 Å². The number of imide groups is 1. The Morgan fingerprint density at radius 3 is 1.92 bits per heavy atom. The Morgan fingerprint density at radius 2 is 1.33 bits per heavy atom. The quantitative estimate of drug-likeness (QED) is 0.285. The number of hydrogen-bond acceptors (Lipinski definition) is 13. The van der Waals surface area contributed by atoms with E-state index in [1.807, 2.05) is 0 Å². The molecule has 3 amide bonds. The second-order valence-electron chi connectivity index (χ2n) is 11.8. The molecule has 15 heteroatoms. The summed E-state index contributed by atoms with van der Waals surface area (Å²) in [6.07, 6.45) is -5.81. The number of fused-ring (bicyclic) bond motifs is 9. The van der Waals surface area contributed by atoms with E-state index < -0.39 is 55.0 Å². The van der Waals surface area contributed by atoms with Crippen LogP contribution in [-0.2, 0) is 18.9 Å². The highest BCUT2D eigenvalue weighted by Gasteiger charge is 2.63. The minimum absolute atomic E-state index is 0.0000469. The lowest BCUT2D eigenvalue weighted by Crippen LogP contribution is -2.56. The summed E-state index contributed by atoms with van der Waals surface area (Å²) in [6, 6.07) is 24.7. The first-order chi connectivity index (χ1) is 23.8. The third-order valence-corrected chi connectivity index (χ3v) is 8.16. The Kier molecular flexibility index (Phi) is 7.60. The van der Waals surface area contributed by atoms with Crippen molar-refractivity contribution in [3.63, 3.8) is 0 Å². The van der Waals surface area contributed by atoms with Gasteiger partial charge in [0.05, 0.1) is 6.61 Å². The van der Waals surface area contributed by atoms with Crippen molar-refractivity contribution in [2.75, 3.05) is 21.3 Å². The number of benzene rings is 3. The lowest BCUT2D eigenvalue weighted by atomic mass is 10.1. The molecule has 3 aromatic carbocycles. The predicted molar refractivity (Wildman–Crippen MR) is 169 cm³/mol. The monoisotopic (exact) mass is 667 g/mol. The largest absolute Gasteiger partial charge is 0.430 e. The maximum atomic E-state index is 14.2. The highest BCUT2D eigenvalue weighted by Crippen LogP contribution is 2.51. The normalized spacial score (nSPS) is 24.2. The van der Waals surface area contributed by atoms with Crippen molar-refractivity contribution in [2.45, 2.75) is 50.5 Å². The van der Waals surface area contributed by atoms with Gasteiger partial charge in [-0.1, -0.05) is 54.6 Å². The van der Waals surface area contributed by atoms with Crippen LogP contribution in [0.4, 0.5) is 31.7 Å². The van der Waals surface area contributed by atoms with Gasteiger partial charge in [0, 0.05) is 0 Å². The number of para-hydroxylation sites is 3. The van der Waals surface area contributed by atoms with E-state index in [4.69, 9.17) is 33.2 Å². The van der Waals surface area contributed by atoms with Crippen LogP contribution in [0.3, 0.4) is 0 Å². The minimum atomic E-state index is -1.22. The fraction of sp³-hybridized carbons (Fsp3) is 0.265. The molecule has 0 saturated carbocycles. The van der Waals surface area contributed by atoms with Crippen molar-refractivity contribution in [1.82, 2.24) is 9.97 Å². The molecule has 4 aliphatic heterocycles. The molecule has 8 rings (SSSR count). The van der Waals surface area contributed by atoms with Crippen LogP contribution in [0.25, 0.3) is 0 Å². The summed E-state index contributed by atoms with van der Waals surface area (Å²) in [4.78, 5) is 54.2. The topological polar surface area (TPSA) is 151 Å². The Bertz CT molecular complexity index is 1830. The van der Waals surface area contributed by atoms with Crippen LogP contribution in [0.2, 0.25) is 0 Å². The Balaban J connectivity index is 1.25. The van der Waals surface area contributed by atoms with Gasteiger partial charge in [-0.3, -0.25) is 4.90 Å². The van der Waals surface area contributed by atoms with Crippen LogP contribution in [0.15, 0.2) is 97.3 Å². The molecular formula is C34H29N5O10. The average molecular weight is 668 g/mol. The fourth-order valence-corrected chi connectivity index (χ4v) is 6.20. The van der Waals surface area contributed by atoms with Crippen molar-refractivity contribution >= 4 is 35.6 Å². The van der Waals surface area contributed by atoms with Gasteiger partial charge >= 0.3 is 18.3 Å². The first-order valence-electron chi connectivity index (χ1n) is 15.4. The van der Waals surface area contributed by atoms with Gasteiger partial charge in [0.1, 0.15) is 47.6 Å². The number of hydrogen-bond donors (Lipinski definition) is 0. The van der Waals surface area contributed by atoms with Crippen LogP contribution in [0.5, 0.6) is 17.2 Å². The lowest BCUT2D eigenvalue weighted by Gasteiger charge is -2.34. The summed E-state index contributed by atoms with van der Waals surface area (Å²) in [5.74, 6) is -0.653. The van der Waals surface area contributed by atoms with Crippen LogP contribution < -0.4 is 28.9 Å².